The second-order valence-corrected chi connectivity index (χ2v) is 35.8. The Balaban J connectivity index is -0.0000000600. The van der Waals surface area contributed by atoms with Crippen molar-refractivity contribution in [1.82, 2.24) is 0 Å². The molecule has 0 amide bonds. The molecule has 0 unspecified atom stereocenters. The molecule has 2 aliphatic carbocycles. The summed E-state index contributed by atoms with van der Waals surface area (Å²) in [6, 6.07) is 0. The van der Waals surface area contributed by atoms with Crippen LogP contribution in [0.3, 0.4) is 0 Å². The molecule has 748 valence electrons. The van der Waals surface area contributed by atoms with Crippen molar-refractivity contribution in [1.29, 1.82) is 0 Å². The molecule has 0 aromatic rings. The molecule has 0 radical (unpaired) electrons. The van der Waals surface area contributed by atoms with Gasteiger partial charge in [0.1, 0.15) is 18.2 Å². The van der Waals surface area contributed by atoms with Crippen molar-refractivity contribution >= 4 is 11.6 Å². The third-order valence-corrected chi connectivity index (χ3v) is 16.7. The van der Waals surface area contributed by atoms with E-state index in [0.29, 0.717) is 147 Å². The van der Waals surface area contributed by atoms with Gasteiger partial charge in [0, 0.05) is 59.9 Å². The number of Topliss-reactive ketones (excluding diaryl/α,β-unsaturated/α-hetero) is 2. The number of hydrogen-bond donors (Lipinski definition) is 3. The van der Waals surface area contributed by atoms with Gasteiger partial charge in [-0.15, -0.1) is 0 Å². The standard InChI is InChI=1S/C12H24O2.C12H22O2.C11H22O2.C10H22O2.C9H17NO.C9H20O2.C9H20O.C8H18O2.C6H14O.C6H12O.11CH4/c2*1-9(2)8-10(3)14-12-6-4-11(13)5-7-12;1-9(2)8-10(3)13-11-4-6-12-7-5-11;1-9(2)8-10(3)12-7-5-6-11-4;2*1-8(2)7-9(3)11-6-5-10-4;1-7(2)6-9(5)10-8(3)4;1-7(2)6-8(3)10-5-4-9;2*1-5(2)4-6(3)7;;;;;;;;;;;/h9-13H,4-8H2,1-3H3;9-10,12H,4-8H2,1-3H3;9-11H,4-8H2,1-3H3;9-10H,5-8H2,1-4H3;8-9H,5-7H2,1-3H3;8-9H,5-7H2,1-4H3;7-9H,6H2,1-5H3;7-9H,4-6H2,1-3H3;5-7H,4H2,1-3H3;5H,4H2,1-3H3;11*1H4/t10-,11?,12?;3*10-;3*9-;8-;6-;;;;;;;;;;;;/m111111111............/s1. The average molecular weight is 1740 g/mol. The van der Waals surface area contributed by atoms with Crippen molar-refractivity contribution in [3.63, 3.8) is 0 Å². The van der Waals surface area contributed by atoms with Crippen LogP contribution in [0.4, 0.5) is 0 Å². The minimum Gasteiger partial charge on any atom is -0.394 e. The van der Waals surface area contributed by atoms with Crippen LogP contribution in [0.2, 0.25) is 0 Å². The van der Waals surface area contributed by atoms with Crippen LogP contribution >= 0.6 is 0 Å². The predicted molar refractivity (Wildman–Crippen MR) is 536 cm³/mol. The summed E-state index contributed by atoms with van der Waals surface area (Å²) >= 11 is 0. The first-order chi connectivity index (χ1) is 50.8. The average Bonchev–Trinajstić information content (AvgIpc) is 0.925. The highest BCUT2D eigenvalue weighted by molar-refractivity contribution is 5.79. The number of ketones is 2. The molecule has 0 bridgehead atoms. The number of methoxy groups -OCH3 is 2. The molecule has 17 nitrogen and oxygen atoms in total. The van der Waals surface area contributed by atoms with E-state index in [1.807, 2.05) is 27.7 Å². The minimum absolute atomic E-state index is 0. The molecule has 1 aliphatic heterocycles. The molecule has 3 aliphatic rings. The number of aliphatic hydroxyl groups excluding tert-OH is 3. The Labute approximate surface area is 759 Å². The van der Waals surface area contributed by atoms with Gasteiger partial charge in [0.25, 0.3) is 0 Å². The summed E-state index contributed by atoms with van der Waals surface area (Å²) in [5.74, 6) is 7.51. The van der Waals surface area contributed by atoms with E-state index in [4.69, 9.17) is 68.9 Å². The van der Waals surface area contributed by atoms with E-state index in [1.165, 1.54) is 0 Å². The molecule has 0 aromatic heterocycles. The van der Waals surface area contributed by atoms with Crippen LogP contribution in [-0.4, -0.2) is 193 Å². The molecule has 120 heavy (non-hydrogen) atoms. The highest BCUT2D eigenvalue weighted by Crippen LogP contribution is 2.25. The number of hydrogen-bond acceptors (Lipinski definition) is 16. The van der Waals surface area contributed by atoms with Crippen molar-refractivity contribution in [2.45, 2.75) is 524 Å². The maximum atomic E-state index is 11.0. The SMILES string of the molecule is C.C.C.C.C.C.C.C.C.C.C.CC(=O)CC(C)C.CC(C)C[C@@H](C)O.CC(C)C[C@@H](C)OC(C)C.CC(C)C[C@@H](C)OC1CCC(=O)CC1.CC(C)C[C@@H](C)OC1CCC(O)CC1.CC(C)C[C@@H](C)OC1CCOCC1.CC(C)C[C@@H](C)OCCO.COCCCO[C@H](C)CC(C)C.COCCO[C@H](C)CC(C)C.[C-]#[N+]CCO[C@H](C)CC(C)C. The first-order valence-electron chi connectivity index (χ1n) is 43.7. The van der Waals surface area contributed by atoms with Gasteiger partial charge in [-0.2, -0.15) is 0 Å². The van der Waals surface area contributed by atoms with Crippen LogP contribution < -0.4 is 0 Å². The minimum atomic E-state index is -0.125. The molecular weight excluding hydrogens is 1510 g/mol. The molecule has 3 rings (SSSR count). The highest BCUT2D eigenvalue weighted by atomic mass is 16.5. The van der Waals surface area contributed by atoms with Gasteiger partial charge in [0.2, 0.25) is 6.54 Å². The highest BCUT2D eigenvalue weighted by Gasteiger charge is 2.24. The summed E-state index contributed by atoms with van der Waals surface area (Å²) in [7, 11) is 3.41. The number of nitrogens with zero attached hydrogens (tertiary/aromatic N) is 1. The summed E-state index contributed by atoms with van der Waals surface area (Å²) in [5.41, 5.74) is 0. The monoisotopic (exact) mass is 1740 g/mol. The van der Waals surface area contributed by atoms with E-state index < -0.39 is 0 Å². The first kappa shape index (κ1) is 162. The van der Waals surface area contributed by atoms with Crippen molar-refractivity contribution in [2.24, 2.45) is 59.2 Å². The molecular formula is C103H235NO16. The Morgan fingerprint density at radius 1 is 0.383 bits per heavy atom. The van der Waals surface area contributed by atoms with Gasteiger partial charge in [-0.1, -0.05) is 220 Å². The van der Waals surface area contributed by atoms with Gasteiger partial charge in [-0.25, -0.2) is 6.57 Å². The molecule has 0 aromatic carbocycles. The molecule has 17 heteroatoms. The van der Waals surface area contributed by atoms with Crippen LogP contribution in [0, 0.1) is 65.8 Å². The molecule has 3 fully saturated rings. The Morgan fingerprint density at radius 2 is 0.675 bits per heavy atom. The van der Waals surface area contributed by atoms with E-state index in [-0.39, 0.29) is 112 Å². The first-order valence-corrected chi connectivity index (χ1v) is 43.7. The van der Waals surface area contributed by atoms with E-state index in [9.17, 15) is 14.7 Å². The van der Waals surface area contributed by atoms with Crippen molar-refractivity contribution in [2.75, 3.05) is 80.2 Å². The Bertz CT molecular complexity index is 1850. The lowest BCUT2D eigenvalue weighted by Crippen LogP contribution is -2.28. The normalized spacial score (nSPS) is 16.2. The molecule has 2 saturated carbocycles. The zero-order valence-electron chi connectivity index (χ0n) is 78.4. The fourth-order valence-corrected chi connectivity index (χ4v) is 12.9. The second kappa shape index (κ2) is 111. The smallest absolute Gasteiger partial charge is 0.237 e. The van der Waals surface area contributed by atoms with Crippen LogP contribution in [0.1, 0.15) is 438 Å². The van der Waals surface area contributed by atoms with Crippen LogP contribution in [0.15, 0.2) is 0 Å². The van der Waals surface area contributed by atoms with Gasteiger partial charge in [0.15, 0.2) is 0 Å². The van der Waals surface area contributed by atoms with E-state index in [1.54, 1.807) is 21.1 Å². The fraction of sp³-hybridized carbons (Fsp3) is 0.971. The third-order valence-electron chi connectivity index (χ3n) is 16.7. The lowest BCUT2D eigenvalue weighted by atomic mass is 9.95. The third kappa shape index (κ3) is 148. The Morgan fingerprint density at radius 3 is 0.942 bits per heavy atom. The summed E-state index contributed by atoms with van der Waals surface area (Å²) in [6.45, 7) is 81.1. The molecule has 1 saturated heterocycles. The number of aliphatic hydroxyl groups is 3. The van der Waals surface area contributed by atoms with Crippen molar-refractivity contribution < 1.29 is 77.0 Å². The van der Waals surface area contributed by atoms with Crippen LogP contribution in [-0.2, 0) is 61.7 Å². The fourth-order valence-electron chi connectivity index (χ4n) is 12.9. The molecule has 1 heterocycles. The van der Waals surface area contributed by atoms with Gasteiger partial charge in [0.05, 0.1) is 112 Å². The van der Waals surface area contributed by atoms with Crippen molar-refractivity contribution in [3.8, 4) is 0 Å². The number of carbonyl (C=O) groups is 2. The maximum Gasteiger partial charge on any atom is 0.237 e. The van der Waals surface area contributed by atoms with Crippen molar-refractivity contribution in [3.05, 3.63) is 11.4 Å². The summed E-state index contributed by atoms with van der Waals surface area (Å²) in [4.78, 5) is 24.5. The summed E-state index contributed by atoms with van der Waals surface area (Å²) < 4.78 is 60.1. The quantitative estimate of drug-likeness (QED) is 0.0384. The number of ether oxygens (including phenoxy) is 11. The van der Waals surface area contributed by atoms with Crippen LogP contribution in [0.5, 0.6) is 0 Å². The largest absolute Gasteiger partial charge is 0.394 e. The van der Waals surface area contributed by atoms with Crippen LogP contribution in [0.25, 0.3) is 4.85 Å². The summed E-state index contributed by atoms with van der Waals surface area (Å²) in [5, 5.41) is 26.5. The second-order valence-electron chi connectivity index (χ2n) is 35.8. The predicted octanol–water partition coefficient (Wildman–Crippen LogP) is 29.5. The van der Waals surface area contributed by atoms with Gasteiger partial charge in [-0.05, 0) is 258 Å². The van der Waals surface area contributed by atoms with E-state index in [0.717, 1.165) is 179 Å². The number of rotatable bonds is 43. The number of carbonyl (C=O) groups excluding carboxylic acids is 2. The Hall–Kier alpha value is -1.73. The van der Waals surface area contributed by atoms with Gasteiger partial charge >= 0.3 is 0 Å². The Kier molecular flexibility index (Phi) is 150. The lowest BCUT2D eigenvalue weighted by Gasteiger charge is -2.28. The molecule has 0 spiro atoms. The van der Waals surface area contributed by atoms with Gasteiger partial charge in [-0.3, -0.25) is 4.79 Å². The van der Waals surface area contributed by atoms with E-state index in [2.05, 4.69) is 192 Å². The summed E-state index contributed by atoms with van der Waals surface area (Å²) in [6.07, 6.45) is 25.2. The van der Waals surface area contributed by atoms with Gasteiger partial charge < -0.3 is 77.1 Å². The molecule has 9 atom stereocenters. The zero-order chi connectivity index (χ0) is 85.4. The topological polar surface area (TPSA) is 201 Å². The maximum absolute atomic E-state index is 11.0. The lowest BCUT2D eigenvalue weighted by molar-refractivity contribution is -0.124. The van der Waals surface area contributed by atoms with E-state index >= 15 is 0 Å². The molecule has 3 N–H and O–H groups in total. The zero-order valence-corrected chi connectivity index (χ0v) is 78.4.